The van der Waals surface area contributed by atoms with Crippen LogP contribution in [0.5, 0.6) is 5.75 Å². The number of nitrogens with one attached hydrogen (secondary N) is 1. The second kappa shape index (κ2) is 6.85. The summed E-state index contributed by atoms with van der Waals surface area (Å²) in [4.78, 5) is 36.0. The molecule has 0 saturated carbocycles. The van der Waals surface area contributed by atoms with E-state index in [-0.39, 0.29) is 28.4 Å². The van der Waals surface area contributed by atoms with Crippen LogP contribution in [0.25, 0.3) is 28.2 Å². The summed E-state index contributed by atoms with van der Waals surface area (Å²) < 4.78 is 2.05. The largest absolute Gasteiger partial charge is 0.507 e. The zero-order valence-electron chi connectivity index (χ0n) is 15.5. The van der Waals surface area contributed by atoms with Gasteiger partial charge in [-0.05, 0) is 55.3 Å². The molecule has 0 aliphatic rings. The number of nitrogens with two attached hydrogens (primary N) is 1. The summed E-state index contributed by atoms with van der Waals surface area (Å²) in [6, 6.07) is 10.3. The van der Waals surface area contributed by atoms with Crippen molar-refractivity contribution in [3.8, 4) is 22.8 Å². The summed E-state index contributed by atoms with van der Waals surface area (Å²) in [6.07, 6.45) is 0. The SMILES string of the molecule is Cc1ccc(-n2c(=O)[nH]c3c(C(N)=O)nc(-c4cc(Br)ccc4O)nc32)cc1C. The number of aryl methyl sites for hydroxylation is 2. The number of fused-ring (bicyclic) bond motifs is 1. The first-order valence-corrected chi connectivity index (χ1v) is 9.44. The maximum absolute atomic E-state index is 12.7. The molecule has 0 aliphatic heterocycles. The van der Waals surface area contributed by atoms with Crippen LogP contribution in [0.2, 0.25) is 0 Å². The average Bonchev–Trinajstić information content (AvgIpc) is 3.00. The molecule has 0 aliphatic carbocycles. The fourth-order valence-corrected chi connectivity index (χ4v) is 3.44. The van der Waals surface area contributed by atoms with Crippen molar-refractivity contribution in [1.29, 1.82) is 0 Å². The minimum Gasteiger partial charge on any atom is -0.507 e. The van der Waals surface area contributed by atoms with Gasteiger partial charge in [-0.2, -0.15) is 0 Å². The van der Waals surface area contributed by atoms with E-state index in [1.165, 1.54) is 10.6 Å². The molecule has 1 amide bonds. The maximum atomic E-state index is 12.7. The van der Waals surface area contributed by atoms with Crippen molar-refractivity contribution < 1.29 is 9.90 Å². The molecule has 146 valence electrons. The van der Waals surface area contributed by atoms with E-state index < -0.39 is 11.6 Å². The molecule has 0 unspecified atom stereocenters. The number of aromatic amines is 1. The van der Waals surface area contributed by atoms with Crippen LogP contribution in [-0.4, -0.2) is 30.5 Å². The summed E-state index contributed by atoms with van der Waals surface area (Å²) in [7, 11) is 0. The molecule has 2 heterocycles. The third-order valence-corrected chi connectivity index (χ3v) is 5.21. The highest BCUT2D eigenvalue weighted by Gasteiger charge is 2.21. The predicted octanol–water partition coefficient (Wildman–Crippen LogP) is 2.96. The van der Waals surface area contributed by atoms with E-state index in [1.54, 1.807) is 18.2 Å². The van der Waals surface area contributed by atoms with Crippen LogP contribution in [-0.2, 0) is 0 Å². The number of primary amides is 1. The minimum absolute atomic E-state index is 0.0708. The Morgan fingerprint density at radius 2 is 1.90 bits per heavy atom. The highest BCUT2D eigenvalue weighted by molar-refractivity contribution is 9.10. The molecule has 9 heteroatoms. The lowest BCUT2D eigenvalue weighted by Crippen LogP contribution is -2.15. The Balaban J connectivity index is 2.09. The summed E-state index contributed by atoms with van der Waals surface area (Å²) in [5.41, 5.74) is 8.18. The van der Waals surface area contributed by atoms with Crippen molar-refractivity contribution in [3.05, 3.63) is 68.2 Å². The van der Waals surface area contributed by atoms with Gasteiger partial charge in [0, 0.05) is 4.47 Å². The normalized spacial score (nSPS) is 11.1. The van der Waals surface area contributed by atoms with Crippen LogP contribution in [0, 0.1) is 13.8 Å². The number of imidazole rings is 1. The van der Waals surface area contributed by atoms with Gasteiger partial charge >= 0.3 is 5.69 Å². The Kier molecular flexibility index (Phi) is 4.46. The van der Waals surface area contributed by atoms with E-state index >= 15 is 0 Å². The van der Waals surface area contributed by atoms with Crippen LogP contribution in [0.1, 0.15) is 21.6 Å². The predicted molar refractivity (Wildman–Crippen MR) is 112 cm³/mol. The van der Waals surface area contributed by atoms with Gasteiger partial charge in [-0.25, -0.2) is 19.3 Å². The van der Waals surface area contributed by atoms with Crippen LogP contribution in [0.4, 0.5) is 0 Å². The molecule has 0 radical (unpaired) electrons. The van der Waals surface area contributed by atoms with Gasteiger partial charge in [-0.1, -0.05) is 22.0 Å². The molecule has 2 aromatic heterocycles. The molecular formula is C20H16BrN5O3. The summed E-state index contributed by atoms with van der Waals surface area (Å²) >= 11 is 3.34. The first-order valence-electron chi connectivity index (χ1n) is 8.65. The van der Waals surface area contributed by atoms with Gasteiger partial charge in [0.15, 0.2) is 17.2 Å². The zero-order valence-corrected chi connectivity index (χ0v) is 17.1. The molecule has 4 rings (SSSR count). The number of H-pyrrole nitrogens is 1. The second-order valence-electron chi connectivity index (χ2n) is 6.65. The van der Waals surface area contributed by atoms with Gasteiger partial charge in [-0.3, -0.25) is 4.79 Å². The van der Waals surface area contributed by atoms with E-state index in [9.17, 15) is 14.7 Å². The lowest BCUT2D eigenvalue weighted by molar-refractivity contribution is 0.0997. The number of carbonyl (C=O) groups excluding carboxylic acids is 1. The van der Waals surface area contributed by atoms with Gasteiger partial charge < -0.3 is 15.8 Å². The molecule has 4 aromatic rings. The van der Waals surface area contributed by atoms with E-state index in [2.05, 4.69) is 30.9 Å². The van der Waals surface area contributed by atoms with Crippen molar-refractivity contribution in [1.82, 2.24) is 19.5 Å². The van der Waals surface area contributed by atoms with Gasteiger partial charge in [0.2, 0.25) is 0 Å². The number of halogens is 1. The summed E-state index contributed by atoms with van der Waals surface area (Å²) in [5, 5.41) is 10.3. The van der Waals surface area contributed by atoms with Crippen molar-refractivity contribution in [3.63, 3.8) is 0 Å². The minimum atomic E-state index is -0.818. The van der Waals surface area contributed by atoms with Gasteiger partial charge in [0.1, 0.15) is 11.3 Å². The van der Waals surface area contributed by atoms with Gasteiger partial charge in [0.25, 0.3) is 5.91 Å². The molecule has 29 heavy (non-hydrogen) atoms. The third kappa shape index (κ3) is 3.19. The quantitative estimate of drug-likeness (QED) is 0.439. The fraction of sp³-hybridized carbons (Fsp3) is 0.100. The van der Waals surface area contributed by atoms with Gasteiger partial charge in [0.05, 0.1) is 11.3 Å². The highest BCUT2D eigenvalue weighted by atomic mass is 79.9. The van der Waals surface area contributed by atoms with Gasteiger partial charge in [-0.15, -0.1) is 0 Å². The number of phenols is 1. The molecule has 0 atom stereocenters. The van der Waals surface area contributed by atoms with Crippen LogP contribution in [0.3, 0.4) is 0 Å². The Morgan fingerprint density at radius 1 is 1.14 bits per heavy atom. The number of phenolic OH excluding ortho intramolecular Hbond substituents is 1. The average molecular weight is 454 g/mol. The Morgan fingerprint density at radius 3 is 2.59 bits per heavy atom. The third-order valence-electron chi connectivity index (χ3n) is 4.72. The monoisotopic (exact) mass is 453 g/mol. The van der Waals surface area contributed by atoms with Crippen molar-refractivity contribution in [2.45, 2.75) is 13.8 Å². The number of aromatic hydroxyl groups is 1. The summed E-state index contributed by atoms with van der Waals surface area (Å²) in [5.74, 6) is -0.818. The molecule has 8 nitrogen and oxygen atoms in total. The first kappa shape index (κ1) is 18.9. The van der Waals surface area contributed by atoms with Crippen molar-refractivity contribution in [2.24, 2.45) is 5.73 Å². The molecule has 0 bridgehead atoms. The Labute approximate surface area is 173 Å². The number of rotatable bonds is 3. The van der Waals surface area contributed by atoms with Crippen LogP contribution in [0.15, 0.2) is 45.7 Å². The second-order valence-corrected chi connectivity index (χ2v) is 7.57. The number of nitrogens with zero attached hydrogens (tertiary/aromatic N) is 3. The fourth-order valence-electron chi connectivity index (χ4n) is 3.08. The van der Waals surface area contributed by atoms with E-state index in [0.29, 0.717) is 15.7 Å². The topological polar surface area (TPSA) is 127 Å². The maximum Gasteiger partial charge on any atom is 0.332 e. The number of hydrogen-bond donors (Lipinski definition) is 3. The molecule has 0 saturated heterocycles. The number of amides is 1. The molecule has 2 aromatic carbocycles. The van der Waals surface area contributed by atoms with E-state index in [0.717, 1.165) is 11.1 Å². The van der Waals surface area contributed by atoms with Crippen molar-refractivity contribution in [2.75, 3.05) is 0 Å². The lowest BCUT2D eigenvalue weighted by Gasteiger charge is -2.09. The number of benzene rings is 2. The Hall–Kier alpha value is -3.46. The first-order chi connectivity index (χ1) is 13.8. The number of hydrogen-bond acceptors (Lipinski definition) is 5. The molecule has 4 N–H and O–H groups in total. The van der Waals surface area contributed by atoms with E-state index in [1.807, 2.05) is 26.0 Å². The molecule has 0 fully saturated rings. The molecule has 0 spiro atoms. The van der Waals surface area contributed by atoms with Crippen LogP contribution < -0.4 is 11.4 Å². The zero-order chi connectivity index (χ0) is 20.9. The number of carbonyl (C=O) groups is 1. The van der Waals surface area contributed by atoms with Crippen molar-refractivity contribution >= 4 is 33.0 Å². The Bertz CT molecular complexity index is 1360. The molecular weight excluding hydrogens is 438 g/mol. The number of aromatic nitrogens is 4. The lowest BCUT2D eigenvalue weighted by atomic mass is 10.1. The van der Waals surface area contributed by atoms with E-state index in [4.69, 9.17) is 5.73 Å². The van der Waals surface area contributed by atoms with Crippen LogP contribution >= 0.6 is 15.9 Å². The highest BCUT2D eigenvalue weighted by Crippen LogP contribution is 2.31. The summed E-state index contributed by atoms with van der Waals surface area (Å²) in [6.45, 7) is 3.91. The smallest absolute Gasteiger partial charge is 0.332 e. The standard InChI is InChI=1S/C20H16BrN5O3/c1-9-3-5-12(7-10(9)2)26-19-16(24-20(26)29)15(17(22)28)23-18(25-19)13-8-11(21)4-6-14(13)27/h3-8,27H,1-2H3,(H2,22,28)(H,24,29).